The van der Waals surface area contributed by atoms with Gasteiger partial charge in [0.05, 0.1) is 23.1 Å². The van der Waals surface area contributed by atoms with E-state index in [0.29, 0.717) is 17.2 Å². The average molecular weight is 427 g/mol. The maximum atomic E-state index is 12.5. The number of hydrogen-bond acceptors (Lipinski definition) is 6. The van der Waals surface area contributed by atoms with Crippen LogP contribution in [0.5, 0.6) is 17.2 Å². The lowest BCUT2D eigenvalue weighted by Crippen LogP contribution is -2.44. The fourth-order valence-electron chi connectivity index (χ4n) is 2.56. The van der Waals surface area contributed by atoms with Gasteiger partial charge in [0, 0.05) is 6.54 Å². The van der Waals surface area contributed by atoms with Crippen LogP contribution >= 0.6 is 11.6 Å². The quantitative estimate of drug-likeness (QED) is 0.702. The minimum Gasteiger partial charge on any atom is -0.495 e. The molecule has 1 aliphatic rings. The zero-order chi connectivity index (χ0) is 20.3. The van der Waals surface area contributed by atoms with Crippen LogP contribution in [-0.2, 0) is 21.4 Å². The van der Waals surface area contributed by atoms with E-state index in [1.165, 1.54) is 32.2 Å². The van der Waals surface area contributed by atoms with Crippen molar-refractivity contribution in [2.75, 3.05) is 13.9 Å². The summed E-state index contributed by atoms with van der Waals surface area (Å²) in [6, 6.07) is 8.38. The van der Waals surface area contributed by atoms with Crippen molar-refractivity contribution in [1.29, 1.82) is 0 Å². The third kappa shape index (κ3) is 4.49. The second-order valence-corrected chi connectivity index (χ2v) is 8.17. The lowest BCUT2D eigenvalue weighted by atomic mass is 10.2. The minimum atomic E-state index is -3.93. The molecule has 8 nitrogen and oxygen atoms in total. The molecular weight excluding hydrogens is 408 g/mol. The van der Waals surface area contributed by atoms with Gasteiger partial charge in [-0.1, -0.05) is 17.7 Å². The highest BCUT2D eigenvalue weighted by Gasteiger charge is 2.23. The molecule has 1 atom stereocenters. The van der Waals surface area contributed by atoms with Crippen molar-refractivity contribution in [3.8, 4) is 17.2 Å². The molecule has 1 heterocycles. The number of benzene rings is 2. The van der Waals surface area contributed by atoms with E-state index in [-0.39, 0.29) is 23.3 Å². The first-order valence-corrected chi connectivity index (χ1v) is 10.2. The molecule has 2 aromatic rings. The summed E-state index contributed by atoms with van der Waals surface area (Å²) in [5, 5.41) is 2.84. The Balaban J connectivity index is 1.60. The monoisotopic (exact) mass is 426 g/mol. The van der Waals surface area contributed by atoms with Gasteiger partial charge in [-0.15, -0.1) is 0 Å². The van der Waals surface area contributed by atoms with Crippen LogP contribution in [0.15, 0.2) is 41.3 Å². The van der Waals surface area contributed by atoms with Gasteiger partial charge >= 0.3 is 0 Å². The van der Waals surface area contributed by atoms with Gasteiger partial charge in [0.1, 0.15) is 5.75 Å². The topological polar surface area (TPSA) is 103 Å². The highest BCUT2D eigenvalue weighted by atomic mass is 35.5. The summed E-state index contributed by atoms with van der Waals surface area (Å²) in [7, 11) is -2.50. The van der Waals surface area contributed by atoms with Crippen LogP contribution in [0.1, 0.15) is 12.5 Å². The van der Waals surface area contributed by atoms with E-state index in [9.17, 15) is 13.2 Å². The van der Waals surface area contributed by atoms with Crippen molar-refractivity contribution in [2.45, 2.75) is 24.4 Å². The third-order valence-corrected chi connectivity index (χ3v) is 5.90. The number of carbonyl (C=O) groups excluding carboxylic acids is 1. The Hall–Kier alpha value is -2.49. The summed E-state index contributed by atoms with van der Waals surface area (Å²) in [4.78, 5) is 12.2. The molecule has 1 amide bonds. The molecule has 0 fully saturated rings. The van der Waals surface area contributed by atoms with Crippen molar-refractivity contribution in [3.63, 3.8) is 0 Å². The van der Waals surface area contributed by atoms with E-state index in [4.69, 9.17) is 25.8 Å². The van der Waals surface area contributed by atoms with Crippen molar-refractivity contribution in [3.05, 3.63) is 47.0 Å². The van der Waals surface area contributed by atoms with Crippen molar-refractivity contribution < 1.29 is 27.4 Å². The van der Waals surface area contributed by atoms with Gasteiger partial charge in [-0.25, -0.2) is 8.42 Å². The lowest BCUT2D eigenvalue weighted by Gasteiger charge is -2.15. The van der Waals surface area contributed by atoms with Crippen LogP contribution in [0.3, 0.4) is 0 Å². The Bertz CT molecular complexity index is 996. The molecule has 0 radical (unpaired) electrons. The molecule has 0 saturated carbocycles. The van der Waals surface area contributed by atoms with Crippen molar-refractivity contribution in [2.24, 2.45) is 0 Å². The molecule has 3 rings (SSSR count). The molecule has 0 saturated heterocycles. The van der Waals surface area contributed by atoms with E-state index in [2.05, 4.69) is 10.0 Å². The van der Waals surface area contributed by atoms with Gasteiger partial charge in [-0.05, 0) is 42.8 Å². The normalized spacial score (nSPS) is 13.8. The highest BCUT2D eigenvalue weighted by molar-refractivity contribution is 7.89. The number of ether oxygens (including phenoxy) is 3. The second kappa shape index (κ2) is 8.26. The highest BCUT2D eigenvalue weighted by Crippen LogP contribution is 2.32. The average Bonchev–Trinajstić information content (AvgIpc) is 3.13. The number of carbonyl (C=O) groups is 1. The zero-order valence-electron chi connectivity index (χ0n) is 15.2. The molecule has 2 aromatic carbocycles. The van der Waals surface area contributed by atoms with Crippen LogP contribution in [0, 0.1) is 0 Å². The summed E-state index contributed by atoms with van der Waals surface area (Å²) in [5.41, 5.74) is 0.801. The van der Waals surface area contributed by atoms with Crippen molar-refractivity contribution >= 4 is 27.5 Å². The van der Waals surface area contributed by atoms with Crippen LogP contribution in [0.2, 0.25) is 5.02 Å². The van der Waals surface area contributed by atoms with Gasteiger partial charge < -0.3 is 19.5 Å². The summed E-state index contributed by atoms with van der Waals surface area (Å²) in [5.74, 6) is 1.14. The molecule has 0 unspecified atom stereocenters. The van der Waals surface area contributed by atoms with E-state index in [1.807, 2.05) is 0 Å². The molecule has 1 aliphatic heterocycles. The Morgan fingerprint density at radius 3 is 2.68 bits per heavy atom. The molecular formula is C18H19ClN2O6S. The zero-order valence-corrected chi connectivity index (χ0v) is 16.8. The van der Waals surface area contributed by atoms with Crippen LogP contribution in [0.25, 0.3) is 0 Å². The lowest BCUT2D eigenvalue weighted by molar-refractivity contribution is -0.122. The predicted octanol–water partition coefficient (Wildman–Crippen LogP) is 2.06. The number of hydrogen-bond donors (Lipinski definition) is 2. The smallest absolute Gasteiger partial charge is 0.241 e. The molecule has 0 spiro atoms. The number of fused-ring (bicyclic) bond motifs is 1. The largest absolute Gasteiger partial charge is 0.495 e. The maximum Gasteiger partial charge on any atom is 0.241 e. The predicted molar refractivity (Wildman–Crippen MR) is 102 cm³/mol. The van der Waals surface area contributed by atoms with Crippen LogP contribution in [-0.4, -0.2) is 34.3 Å². The standard InChI is InChI=1S/C18H19ClN2O6S/c1-11(21-28(23,24)13-4-6-15(25-2)14(19)8-13)18(22)20-9-12-3-5-16-17(7-12)27-10-26-16/h3-8,11,21H,9-10H2,1-2H3,(H,20,22)/t11-/m1/s1. The van der Waals surface area contributed by atoms with Gasteiger partial charge in [0.2, 0.25) is 22.7 Å². The van der Waals surface area contributed by atoms with Crippen LogP contribution in [0.4, 0.5) is 0 Å². The SMILES string of the molecule is COc1ccc(S(=O)(=O)N[C@H](C)C(=O)NCc2ccc3c(c2)OCO3)cc1Cl. The van der Waals surface area contributed by atoms with E-state index >= 15 is 0 Å². The molecule has 0 aromatic heterocycles. The summed E-state index contributed by atoms with van der Waals surface area (Å²) < 4.78 is 42.8. The molecule has 28 heavy (non-hydrogen) atoms. The van der Waals surface area contributed by atoms with Gasteiger partial charge in [0.25, 0.3) is 0 Å². The number of sulfonamides is 1. The van der Waals surface area contributed by atoms with Gasteiger partial charge in [0.15, 0.2) is 11.5 Å². The number of amides is 1. The molecule has 10 heteroatoms. The Kier molecular flexibility index (Phi) is 5.97. The van der Waals surface area contributed by atoms with E-state index in [0.717, 1.165) is 5.56 Å². The second-order valence-electron chi connectivity index (χ2n) is 6.04. The summed E-state index contributed by atoms with van der Waals surface area (Å²) >= 11 is 5.98. The summed E-state index contributed by atoms with van der Waals surface area (Å²) in [6.45, 7) is 1.84. The first-order valence-electron chi connectivity index (χ1n) is 8.32. The Labute approximate surface area is 167 Å². The molecule has 2 N–H and O–H groups in total. The molecule has 0 aliphatic carbocycles. The Morgan fingerprint density at radius 1 is 1.21 bits per heavy atom. The molecule has 150 valence electrons. The maximum absolute atomic E-state index is 12.5. The third-order valence-electron chi connectivity index (χ3n) is 4.06. The van der Waals surface area contributed by atoms with Crippen molar-refractivity contribution in [1.82, 2.24) is 10.0 Å². The van der Waals surface area contributed by atoms with Gasteiger partial charge in [-0.2, -0.15) is 4.72 Å². The molecule has 0 bridgehead atoms. The number of rotatable bonds is 7. The number of halogens is 1. The fraction of sp³-hybridized carbons (Fsp3) is 0.278. The number of methoxy groups -OCH3 is 1. The minimum absolute atomic E-state index is 0.0614. The fourth-order valence-corrected chi connectivity index (χ4v) is 4.11. The first kappa shape index (κ1) is 20.2. The first-order chi connectivity index (χ1) is 13.3. The summed E-state index contributed by atoms with van der Waals surface area (Å²) in [6.07, 6.45) is 0. The van der Waals surface area contributed by atoms with E-state index < -0.39 is 22.0 Å². The van der Waals surface area contributed by atoms with E-state index in [1.54, 1.807) is 18.2 Å². The van der Waals surface area contributed by atoms with Gasteiger partial charge in [-0.3, -0.25) is 4.79 Å². The number of nitrogens with one attached hydrogen (secondary N) is 2. The van der Waals surface area contributed by atoms with Crippen LogP contribution < -0.4 is 24.2 Å². The Morgan fingerprint density at radius 2 is 1.96 bits per heavy atom.